The van der Waals surface area contributed by atoms with Crippen LogP contribution in [0.15, 0.2) is 22.8 Å². The average molecular weight is 283 g/mol. The fraction of sp³-hybridized carbons (Fsp3) is 0.615. The Bertz CT molecular complexity index is 340. The second-order valence-corrected chi connectivity index (χ2v) is 5.32. The molecule has 0 amide bonds. The SMILES string of the molecule is CCC1CCCN(c2cccc(Br)n2)CC1. The molecule has 0 saturated carbocycles. The van der Waals surface area contributed by atoms with E-state index in [0.717, 1.165) is 29.4 Å². The molecular weight excluding hydrogens is 264 g/mol. The molecule has 16 heavy (non-hydrogen) atoms. The number of nitrogens with zero attached hydrogens (tertiary/aromatic N) is 2. The fourth-order valence-electron chi connectivity index (χ4n) is 2.38. The Hall–Kier alpha value is -0.570. The van der Waals surface area contributed by atoms with Gasteiger partial charge in [0, 0.05) is 13.1 Å². The first-order valence-corrected chi connectivity index (χ1v) is 6.96. The first-order valence-electron chi connectivity index (χ1n) is 6.17. The molecule has 1 aromatic heterocycles. The summed E-state index contributed by atoms with van der Waals surface area (Å²) in [6.07, 6.45) is 5.30. The number of pyridine rings is 1. The Labute approximate surface area is 106 Å². The molecule has 1 aliphatic rings. The lowest BCUT2D eigenvalue weighted by Gasteiger charge is -2.21. The maximum Gasteiger partial charge on any atom is 0.129 e. The molecule has 1 atom stereocenters. The van der Waals surface area contributed by atoms with Gasteiger partial charge in [-0.1, -0.05) is 19.4 Å². The lowest BCUT2D eigenvalue weighted by Crippen LogP contribution is -2.25. The summed E-state index contributed by atoms with van der Waals surface area (Å²) in [7, 11) is 0. The van der Waals surface area contributed by atoms with Crippen LogP contribution in [0.2, 0.25) is 0 Å². The molecule has 2 rings (SSSR count). The van der Waals surface area contributed by atoms with Gasteiger partial charge in [0.25, 0.3) is 0 Å². The number of anilines is 1. The number of hydrogen-bond acceptors (Lipinski definition) is 2. The quantitative estimate of drug-likeness (QED) is 0.766. The van der Waals surface area contributed by atoms with E-state index in [2.05, 4.69) is 44.9 Å². The van der Waals surface area contributed by atoms with Crippen LogP contribution >= 0.6 is 15.9 Å². The molecule has 2 heterocycles. The largest absolute Gasteiger partial charge is 0.357 e. The van der Waals surface area contributed by atoms with Crippen LogP contribution < -0.4 is 4.90 Å². The number of halogens is 1. The molecule has 3 heteroatoms. The van der Waals surface area contributed by atoms with Crippen molar-refractivity contribution in [2.45, 2.75) is 32.6 Å². The second-order valence-electron chi connectivity index (χ2n) is 4.51. The summed E-state index contributed by atoms with van der Waals surface area (Å²) in [6.45, 7) is 4.61. The summed E-state index contributed by atoms with van der Waals surface area (Å²) in [5, 5.41) is 0. The van der Waals surface area contributed by atoms with E-state index in [0.29, 0.717) is 0 Å². The van der Waals surface area contributed by atoms with Crippen molar-refractivity contribution in [2.75, 3.05) is 18.0 Å². The minimum absolute atomic E-state index is 0.914. The topological polar surface area (TPSA) is 16.1 Å². The average Bonchev–Trinajstić information content (AvgIpc) is 2.54. The van der Waals surface area contributed by atoms with Gasteiger partial charge in [0.05, 0.1) is 0 Å². The highest BCUT2D eigenvalue weighted by atomic mass is 79.9. The van der Waals surface area contributed by atoms with Gasteiger partial charge >= 0.3 is 0 Å². The van der Waals surface area contributed by atoms with Gasteiger partial charge in [0.15, 0.2) is 0 Å². The predicted octanol–water partition coefficient (Wildman–Crippen LogP) is 3.86. The summed E-state index contributed by atoms with van der Waals surface area (Å²) in [6, 6.07) is 6.15. The van der Waals surface area contributed by atoms with Gasteiger partial charge in [-0.3, -0.25) is 0 Å². The molecule has 2 nitrogen and oxygen atoms in total. The Balaban J connectivity index is 2.04. The Morgan fingerprint density at radius 3 is 3.00 bits per heavy atom. The van der Waals surface area contributed by atoms with E-state index >= 15 is 0 Å². The van der Waals surface area contributed by atoms with Gasteiger partial charge < -0.3 is 4.90 Å². The van der Waals surface area contributed by atoms with Gasteiger partial charge in [-0.25, -0.2) is 4.98 Å². The normalized spacial score (nSPS) is 21.9. The summed E-state index contributed by atoms with van der Waals surface area (Å²) in [5.41, 5.74) is 0. The third-order valence-electron chi connectivity index (χ3n) is 3.45. The molecule has 0 aromatic carbocycles. The maximum absolute atomic E-state index is 4.53. The van der Waals surface area contributed by atoms with E-state index < -0.39 is 0 Å². The van der Waals surface area contributed by atoms with Gasteiger partial charge in [-0.15, -0.1) is 0 Å². The van der Waals surface area contributed by atoms with Crippen LogP contribution in [0.3, 0.4) is 0 Å². The Morgan fingerprint density at radius 2 is 2.25 bits per heavy atom. The highest BCUT2D eigenvalue weighted by molar-refractivity contribution is 9.10. The van der Waals surface area contributed by atoms with Crippen LogP contribution in [-0.2, 0) is 0 Å². The van der Waals surface area contributed by atoms with Crippen molar-refractivity contribution in [2.24, 2.45) is 5.92 Å². The predicted molar refractivity (Wildman–Crippen MR) is 71.8 cm³/mol. The molecule has 1 aromatic rings. The zero-order valence-electron chi connectivity index (χ0n) is 9.82. The number of hydrogen-bond donors (Lipinski definition) is 0. The molecule has 1 unspecified atom stereocenters. The van der Waals surface area contributed by atoms with Crippen molar-refractivity contribution >= 4 is 21.7 Å². The molecule has 1 fully saturated rings. The molecule has 0 bridgehead atoms. The smallest absolute Gasteiger partial charge is 0.129 e. The van der Waals surface area contributed by atoms with Crippen LogP contribution in [0.4, 0.5) is 5.82 Å². The summed E-state index contributed by atoms with van der Waals surface area (Å²) < 4.78 is 0.932. The van der Waals surface area contributed by atoms with Gasteiger partial charge in [-0.2, -0.15) is 0 Å². The molecule has 0 radical (unpaired) electrons. The Morgan fingerprint density at radius 1 is 1.38 bits per heavy atom. The van der Waals surface area contributed by atoms with Crippen molar-refractivity contribution in [3.63, 3.8) is 0 Å². The zero-order valence-corrected chi connectivity index (χ0v) is 11.4. The highest BCUT2D eigenvalue weighted by Gasteiger charge is 2.16. The van der Waals surface area contributed by atoms with Crippen LogP contribution in [0.1, 0.15) is 32.6 Å². The van der Waals surface area contributed by atoms with E-state index in [1.165, 1.54) is 25.7 Å². The molecule has 0 aliphatic carbocycles. The van der Waals surface area contributed by atoms with Gasteiger partial charge in [0.1, 0.15) is 10.4 Å². The minimum Gasteiger partial charge on any atom is -0.357 e. The van der Waals surface area contributed by atoms with E-state index in [-0.39, 0.29) is 0 Å². The standard InChI is InChI=1S/C13H19BrN2/c1-2-11-5-4-9-16(10-8-11)13-7-3-6-12(14)15-13/h3,6-7,11H,2,4-5,8-10H2,1H3. The highest BCUT2D eigenvalue weighted by Crippen LogP contribution is 2.24. The first-order chi connectivity index (χ1) is 7.79. The van der Waals surface area contributed by atoms with Crippen LogP contribution in [-0.4, -0.2) is 18.1 Å². The van der Waals surface area contributed by atoms with Crippen molar-refractivity contribution < 1.29 is 0 Å². The molecular formula is C13H19BrN2. The summed E-state index contributed by atoms with van der Waals surface area (Å²) in [5.74, 6) is 2.03. The molecule has 1 saturated heterocycles. The Kier molecular flexibility index (Phi) is 4.22. The van der Waals surface area contributed by atoms with Crippen molar-refractivity contribution in [1.82, 2.24) is 4.98 Å². The van der Waals surface area contributed by atoms with Gasteiger partial charge in [-0.05, 0) is 53.2 Å². The van der Waals surface area contributed by atoms with Crippen LogP contribution in [0.5, 0.6) is 0 Å². The van der Waals surface area contributed by atoms with Crippen molar-refractivity contribution in [3.8, 4) is 0 Å². The third kappa shape index (κ3) is 2.97. The lowest BCUT2D eigenvalue weighted by atomic mass is 9.98. The molecule has 1 aliphatic heterocycles. The zero-order chi connectivity index (χ0) is 11.4. The first kappa shape index (κ1) is 11.9. The molecule has 0 N–H and O–H groups in total. The van der Waals surface area contributed by atoms with Crippen LogP contribution in [0, 0.1) is 5.92 Å². The van der Waals surface area contributed by atoms with E-state index in [9.17, 15) is 0 Å². The third-order valence-corrected chi connectivity index (χ3v) is 3.89. The van der Waals surface area contributed by atoms with E-state index in [4.69, 9.17) is 0 Å². The van der Waals surface area contributed by atoms with E-state index in [1.807, 2.05) is 6.07 Å². The molecule has 88 valence electrons. The number of aromatic nitrogens is 1. The monoisotopic (exact) mass is 282 g/mol. The summed E-state index contributed by atoms with van der Waals surface area (Å²) in [4.78, 5) is 6.95. The van der Waals surface area contributed by atoms with E-state index in [1.54, 1.807) is 0 Å². The molecule has 0 spiro atoms. The van der Waals surface area contributed by atoms with Crippen molar-refractivity contribution in [3.05, 3.63) is 22.8 Å². The minimum atomic E-state index is 0.914. The van der Waals surface area contributed by atoms with Crippen molar-refractivity contribution in [1.29, 1.82) is 0 Å². The van der Waals surface area contributed by atoms with Crippen LogP contribution in [0.25, 0.3) is 0 Å². The second kappa shape index (κ2) is 5.67. The lowest BCUT2D eigenvalue weighted by molar-refractivity contribution is 0.459. The fourth-order valence-corrected chi connectivity index (χ4v) is 2.71. The maximum atomic E-state index is 4.53. The van der Waals surface area contributed by atoms with Gasteiger partial charge in [0.2, 0.25) is 0 Å². The number of rotatable bonds is 2. The summed E-state index contributed by atoms with van der Waals surface area (Å²) >= 11 is 3.44.